The van der Waals surface area contributed by atoms with Gasteiger partial charge in [-0.25, -0.2) is 16.8 Å². The molecule has 40 heavy (non-hydrogen) atoms. The number of carbonyl (C=O) groups excluding carboxylic acids is 1. The standard InChI is InChI=1S/C29H28ClN3O5S2/c1-20-16-21(2)18-24(17-20)33(40(37,38)26-8-5-4-6-9-26)19-29(34)31-23-12-14-25(15-13-23)39(35,36)32-28-11-7-10-27(30)22(28)3/h4-18,32H,19H2,1-3H3,(H,31,34). The maximum atomic E-state index is 13.6. The van der Waals surface area contributed by atoms with E-state index in [1.807, 2.05) is 19.9 Å². The topological polar surface area (TPSA) is 113 Å². The Balaban J connectivity index is 1.55. The Labute approximate surface area is 239 Å². The van der Waals surface area contributed by atoms with Crippen LogP contribution in [0.3, 0.4) is 0 Å². The molecule has 8 nitrogen and oxygen atoms in total. The van der Waals surface area contributed by atoms with Gasteiger partial charge in [-0.3, -0.25) is 13.8 Å². The zero-order chi connectivity index (χ0) is 29.1. The van der Waals surface area contributed by atoms with Crippen molar-refractivity contribution < 1.29 is 21.6 Å². The monoisotopic (exact) mass is 597 g/mol. The fraction of sp³-hybridized carbons (Fsp3) is 0.138. The molecule has 0 bridgehead atoms. The lowest BCUT2D eigenvalue weighted by Crippen LogP contribution is -2.38. The van der Waals surface area contributed by atoms with Crippen LogP contribution in [0.4, 0.5) is 17.1 Å². The second kappa shape index (κ2) is 11.7. The van der Waals surface area contributed by atoms with E-state index in [9.17, 15) is 21.6 Å². The minimum atomic E-state index is -4.06. The summed E-state index contributed by atoms with van der Waals surface area (Å²) in [5.74, 6) is -0.595. The maximum absolute atomic E-state index is 13.6. The van der Waals surface area contributed by atoms with Crippen molar-refractivity contribution in [2.75, 3.05) is 20.9 Å². The number of anilines is 3. The molecule has 0 spiro atoms. The Hall–Kier alpha value is -3.86. The van der Waals surface area contributed by atoms with Crippen LogP contribution in [0.2, 0.25) is 5.02 Å². The van der Waals surface area contributed by atoms with Crippen LogP contribution in [0.5, 0.6) is 0 Å². The number of nitrogens with one attached hydrogen (secondary N) is 2. The van der Waals surface area contributed by atoms with E-state index in [4.69, 9.17) is 11.6 Å². The van der Waals surface area contributed by atoms with Crippen LogP contribution in [0.1, 0.15) is 16.7 Å². The van der Waals surface area contributed by atoms with Crippen LogP contribution < -0.4 is 14.3 Å². The molecule has 2 N–H and O–H groups in total. The molecule has 0 radical (unpaired) electrons. The van der Waals surface area contributed by atoms with E-state index in [0.717, 1.165) is 15.4 Å². The van der Waals surface area contributed by atoms with E-state index in [2.05, 4.69) is 10.0 Å². The highest BCUT2D eigenvalue weighted by atomic mass is 35.5. The van der Waals surface area contributed by atoms with Gasteiger partial charge in [-0.15, -0.1) is 0 Å². The Bertz CT molecular complexity index is 1740. The highest BCUT2D eigenvalue weighted by molar-refractivity contribution is 7.93. The average Bonchev–Trinajstić information content (AvgIpc) is 2.90. The second-order valence-corrected chi connectivity index (χ2v) is 13.2. The number of aryl methyl sites for hydroxylation is 2. The number of rotatable bonds is 9. The summed E-state index contributed by atoms with van der Waals surface area (Å²) in [6.45, 7) is 4.91. The third-order valence-corrected chi connectivity index (χ3v) is 9.65. The van der Waals surface area contributed by atoms with E-state index in [1.165, 1.54) is 36.4 Å². The molecule has 0 aliphatic rings. The van der Waals surface area contributed by atoms with Crippen molar-refractivity contribution >= 4 is 54.6 Å². The fourth-order valence-corrected chi connectivity index (χ4v) is 6.82. The Morgan fingerprint density at radius 3 is 2.02 bits per heavy atom. The van der Waals surface area contributed by atoms with Crippen molar-refractivity contribution in [1.29, 1.82) is 0 Å². The summed E-state index contributed by atoms with van der Waals surface area (Å²) in [4.78, 5) is 13.1. The number of sulfonamides is 2. The fourth-order valence-electron chi connectivity index (χ4n) is 4.10. The molecule has 4 rings (SSSR count). The van der Waals surface area contributed by atoms with Gasteiger partial charge in [0.15, 0.2) is 0 Å². The van der Waals surface area contributed by atoms with Crippen LogP contribution >= 0.6 is 11.6 Å². The molecule has 0 aliphatic heterocycles. The lowest BCUT2D eigenvalue weighted by Gasteiger charge is -2.25. The first-order chi connectivity index (χ1) is 18.9. The van der Waals surface area contributed by atoms with Crippen LogP contribution in [-0.4, -0.2) is 29.3 Å². The quantitative estimate of drug-likeness (QED) is 0.249. The molecule has 11 heteroatoms. The molecular formula is C29H28ClN3O5S2. The molecule has 0 aliphatic carbocycles. The molecule has 0 saturated carbocycles. The molecule has 0 aromatic heterocycles. The molecule has 4 aromatic rings. The lowest BCUT2D eigenvalue weighted by atomic mass is 10.1. The van der Waals surface area contributed by atoms with Crippen molar-refractivity contribution in [2.24, 2.45) is 0 Å². The summed E-state index contributed by atoms with van der Waals surface area (Å²) < 4.78 is 56.5. The number of benzene rings is 4. The number of halogens is 1. The molecule has 0 fully saturated rings. The summed E-state index contributed by atoms with van der Waals surface area (Å²) in [5, 5.41) is 3.09. The first kappa shape index (κ1) is 29.1. The van der Waals surface area contributed by atoms with E-state index < -0.39 is 32.5 Å². The summed E-state index contributed by atoms with van der Waals surface area (Å²) in [6, 6.07) is 23.7. The van der Waals surface area contributed by atoms with Gasteiger partial charge in [-0.05, 0) is 98.1 Å². The van der Waals surface area contributed by atoms with Gasteiger partial charge in [0.2, 0.25) is 5.91 Å². The normalized spacial score (nSPS) is 11.6. The minimum absolute atomic E-state index is 0.0200. The summed E-state index contributed by atoms with van der Waals surface area (Å²) in [6.07, 6.45) is 0. The van der Waals surface area contributed by atoms with Gasteiger partial charge in [-0.1, -0.05) is 41.9 Å². The molecule has 1 amide bonds. The number of hydrogen-bond donors (Lipinski definition) is 2. The molecule has 208 valence electrons. The molecular weight excluding hydrogens is 570 g/mol. The Kier molecular flexibility index (Phi) is 8.53. The number of amides is 1. The van der Waals surface area contributed by atoms with Crippen molar-refractivity contribution in [3.8, 4) is 0 Å². The first-order valence-electron chi connectivity index (χ1n) is 12.2. The third kappa shape index (κ3) is 6.64. The molecule has 0 unspecified atom stereocenters. The second-order valence-electron chi connectivity index (χ2n) is 9.26. The van der Waals surface area contributed by atoms with Gasteiger partial charge < -0.3 is 5.32 Å². The van der Waals surface area contributed by atoms with Gasteiger partial charge in [0.1, 0.15) is 6.54 Å². The van der Waals surface area contributed by atoms with Crippen molar-refractivity contribution in [1.82, 2.24) is 0 Å². The summed E-state index contributed by atoms with van der Waals surface area (Å²) in [5.41, 5.74) is 3.32. The zero-order valence-electron chi connectivity index (χ0n) is 22.1. The molecule has 0 heterocycles. The molecule has 0 saturated heterocycles. The highest BCUT2D eigenvalue weighted by Crippen LogP contribution is 2.27. The van der Waals surface area contributed by atoms with Crippen LogP contribution in [0, 0.1) is 20.8 Å². The van der Waals surface area contributed by atoms with Gasteiger partial charge in [0, 0.05) is 10.7 Å². The van der Waals surface area contributed by atoms with E-state index in [-0.39, 0.29) is 9.79 Å². The molecule has 0 atom stereocenters. The van der Waals surface area contributed by atoms with E-state index in [0.29, 0.717) is 27.6 Å². The predicted molar refractivity (Wildman–Crippen MR) is 159 cm³/mol. The number of hydrogen-bond acceptors (Lipinski definition) is 5. The number of carbonyl (C=O) groups is 1. The maximum Gasteiger partial charge on any atom is 0.264 e. The van der Waals surface area contributed by atoms with Crippen molar-refractivity contribution in [2.45, 2.75) is 30.6 Å². The highest BCUT2D eigenvalue weighted by Gasteiger charge is 2.27. The smallest absolute Gasteiger partial charge is 0.264 e. The first-order valence-corrected chi connectivity index (χ1v) is 15.5. The van der Waals surface area contributed by atoms with Crippen molar-refractivity contribution in [3.63, 3.8) is 0 Å². The average molecular weight is 598 g/mol. The zero-order valence-corrected chi connectivity index (χ0v) is 24.4. The Morgan fingerprint density at radius 1 is 0.775 bits per heavy atom. The van der Waals surface area contributed by atoms with Crippen molar-refractivity contribution in [3.05, 3.63) is 113 Å². The summed E-state index contributed by atoms with van der Waals surface area (Å²) >= 11 is 6.10. The number of nitrogens with zero attached hydrogens (tertiary/aromatic N) is 1. The van der Waals surface area contributed by atoms with Gasteiger partial charge in [0.25, 0.3) is 20.0 Å². The third-order valence-electron chi connectivity index (χ3n) is 6.07. The largest absolute Gasteiger partial charge is 0.325 e. The van der Waals surface area contributed by atoms with Crippen LogP contribution in [0.25, 0.3) is 0 Å². The van der Waals surface area contributed by atoms with E-state index in [1.54, 1.807) is 55.5 Å². The molecule has 4 aromatic carbocycles. The van der Waals surface area contributed by atoms with Gasteiger partial charge >= 0.3 is 0 Å². The minimum Gasteiger partial charge on any atom is -0.325 e. The van der Waals surface area contributed by atoms with Gasteiger partial charge in [-0.2, -0.15) is 0 Å². The summed E-state index contributed by atoms with van der Waals surface area (Å²) in [7, 11) is -7.98. The SMILES string of the molecule is Cc1cc(C)cc(N(CC(=O)Nc2ccc(S(=O)(=O)Nc3cccc(Cl)c3C)cc2)S(=O)(=O)c2ccccc2)c1. The predicted octanol–water partition coefficient (Wildman–Crippen LogP) is 5.90. The Morgan fingerprint density at radius 2 is 1.40 bits per heavy atom. The lowest BCUT2D eigenvalue weighted by molar-refractivity contribution is -0.114. The van der Waals surface area contributed by atoms with Gasteiger partial charge in [0.05, 0.1) is 21.2 Å². The van der Waals surface area contributed by atoms with E-state index >= 15 is 0 Å². The van der Waals surface area contributed by atoms with Crippen LogP contribution in [-0.2, 0) is 24.8 Å². The van der Waals surface area contributed by atoms with Crippen LogP contribution in [0.15, 0.2) is 101 Å².